The first-order valence-electron chi connectivity index (χ1n) is 9.41. The Balaban J connectivity index is 1.53. The van der Waals surface area contributed by atoms with E-state index in [9.17, 15) is 18.0 Å². The summed E-state index contributed by atoms with van der Waals surface area (Å²) >= 11 is 12.5. The topological polar surface area (TPSA) is 54.9 Å². The fourth-order valence-electron chi connectivity index (χ4n) is 3.48. The zero-order valence-electron chi connectivity index (χ0n) is 16.0. The number of carbonyl (C=O) groups is 1. The molecule has 0 radical (unpaired) electrons. The molecule has 1 aromatic carbocycles. The van der Waals surface area contributed by atoms with E-state index in [0.29, 0.717) is 15.7 Å². The number of benzene rings is 1. The zero-order valence-corrected chi connectivity index (χ0v) is 17.5. The summed E-state index contributed by atoms with van der Waals surface area (Å²) < 4.78 is 39.6. The lowest BCUT2D eigenvalue weighted by Crippen LogP contribution is -2.34. The van der Waals surface area contributed by atoms with Crippen LogP contribution in [0.3, 0.4) is 0 Å². The van der Waals surface area contributed by atoms with Crippen LogP contribution in [0.15, 0.2) is 55.0 Å². The molecular formula is C22H16Cl2F3N3O. The molecule has 4 nitrogen and oxygen atoms in total. The van der Waals surface area contributed by atoms with Gasteiger partial charge in [-0.1, -0.05) is 35.3 Å². The van der Waals surface area contributed by atoms with Gasteiger partial charge in [-0.25, -0.2) is 0 Å². The summed E-state index contributed by atoms with van der Waals surface area (Å²) in [6.07, 6.45) is 1.64. The second-order valence-corrected chi connectivity index (χ2v) is 8.30. The molecule has 9 heteroatoms. The van der Waals surface area contributed by atoms with Gasteiger partial charge in [0.25, 0.3) is 5.91 Å². The van der Waals surface area contributed by atoms with Gasteiger partial charge in [0.2, 0.25) is 0 Å². The first-order chi connectivity index (χ1) is 14.7. The van der Waals surface area contributed by atoms with Crippen LogP contribution < -0.4 is 5.32 Å². The fourth-order valence-corrected chi connectivity index (χ4v) is 4.02. The van der Waals surface area contributed by atoms with Crippen molar-refractivity contribution in [1.82, 2.24) is 15.3 Å². The number of alkyl halides is 3. The largest absolute Gasteiger partial charge is 0.417 e. The lowest BCUT2D eigenvalue weighted by atomic mass is 9.99. The maximum Gasteiger partial charge on any atom is 0.417 e. The van der Waals surface area contributed by atoms with Gasteiger partial charge in [-0.05, 0) is 37.1 Å². The maximum absolute atomic E-state index is 13.2. The molecule has 2 heterocycles. The Hall–Kier alpha value is -2.64. The van der Waals surface area contributed by atoms with Gasteiger partial charge >= 0.3 is 6.18 Å². The summed E-state index contributed by atoms with van der Waals surface area (Å²) in [6, 6.07) is 8.20. The van der Waals surface area contributed by atoms with E-state index < -0.39 is 28.6 Å². The van der Waals surface area contributed by atoms with Crippen molar-refractivity contribution < 1.29 is 18.0 Å². The molecule has 1 saturated carbocycles. The Kier molecular flexibility index (Phi) is 5.66. The summed E-state index contributed by atoms with van der Waals surface area (Å²) in [5.41, 5.74) is 0.238. The summed E-state index contributed by atoms with van der Waals surface area (Å²) in [5.74, 6) is -0.781. The Morgan fingerprint density at radius 1 is 1.06 bits per heavy atom. The average Bonchev–Trinajstić information content (AvgIpc) is 3.52. The van der Waals surface area contributed by atoms with E-state index in [1.165, 1.54) is 18.3 Å². The normalized spacial score (nSPS) is 14.9. The van der Waals surface area contributed by atoms with Crippen molar-refractivity contribution in [3.8, 4) is 11.1 Å². The number of hydrogen-bond donors (Lipinski definition) is 1. The number of halogens is 5. The molecule has 0 atom stereocenters. The minimum absolute atomic E-state index is 0.142. The summed E-state index contributed by atoms with van der Waals surface area (Å²) in [6.45, 7) is 0.142. The van der Waals surface area contributed by atoms with E-state index in [1.54, 1.807) is 24.5 Å². The van der Waals surface area contributed by atoms with Gasteiger partial charge in [-0.2, -0.15) is 13.2 Å². The second-order valence-electron chi connectivity index (χ2n) is 7.45. The highest BCUT2D eigenvalue weighted by Gasteiger charge is 2.47. The van der Waals surface area contributed by atoms with Crippen LogP contribution >= 0.6 is 23.2 Å². The average molecular weight is 466 g/mol. The minimum atomic E-state index is -4.61. The third-order valence-electron chi connectivity index (χ3n) is 5.30. The molecule has 1 amide bonds. The molecular weight excluding hydrogens is 450 g/mol. The molecule has 4 rings (SSSR count). The molecule has 1 fully saturated rings. The Bertz CT molecular complexity index is 1150. The molecule has 1 N–H and O–H groups in total. The SMILES string of the molecule is O=C(NCC1(c2ncc(-c3cncc(Cl)c3)cc2Cl)CC1)c1ccccc1C(F)(F)F. The number of pyridine rings is 2. The van der Waals surface area contributed by atoms with Crippen molar-refractivity contribution in [1.29, 1.82) is 0 Å². The van der Waals surface area contributed by atoms with E-state index in [-0.39, 0.29) is 6.54 Å². The molecule has 1 aliphatic carbocycles. The van der Waals surface area contributed by atoms with E-state index in [2.05, 4.69) is 15.3 Å². The molecule has 0 saturated heterocycles. The van der Waals surface area contributed by atoms with Gasteiger partial charge in [0.1, 0.15) is 0 Å². The van der Waals surface area contributed by atoms with Crippen LogP contribution in [0.2, 0.25) is 10.0 Å². The van der Waals surface area contributed by atoms with Crippen molar-refractivity contribution in [2.75, 3.05) is 6.54 Å². The van der Waals surface area contributed by atoms with Crippen LogP contribution in [0.5, 0.6) is 0 Å². The van der Waals surface area contributed by atoms with Crippen molar-refractivity contribution in [3.63, 3.8) is 0 Å². The monoisotopic (exact) mass is 465 g/mol. The number of nitrogens with one attached hydrogen (secondary N) is 1. The maximum atomic E-state index is 13.2. The number of amides is 1. The third-order valence-corrected chi connectivity index (χ3v) is 5.79. The van der Waals surface area contributed by atoms with Gasteiger partial charge in [0.15, 0.2) is 0 Å². The van der Waals surface area contributed by atoms with Crippen molar-refractivity contribution in [3.05, 3.63) is 81.9 Å². The molecule has 0 bridgehead atoms. The summed E-state index contributed by atoms with van der Waals surface area (Å²) in [4.78, 5) is 21.0. The number of rotatable bonds is 5. The van der Waals surface area contributed by atoms with Gasteiger partial charge in [-0.15, -0.1) is 0 Å². The van der Waals surface area contributed by atoms with E-state index in [4.69, 9.17) is 23.2 Å². The number of nitrogens with zero attached hydrogens (tertiary/aromatic N) is 2. The predicted molar refractivity (Wildman–Crippen MR) is 112 cm³/mol. The minimum Gasteiger partial charge on any atom is -0.351 e. The molecule has 0 unspecified atom stereocenters. The number of aromatic nitrogens is 2. The van der Waals surface area contributed by atoms with Crippen molar-refractivity contribution in [2.24, 2.45) is 0 Å². The Morgan fingerprint density at radius 3 is 2.42 bits per heavy atom. The van der Waals surface area contributed by atoms with Gasteiger partial charge in [-0.3, -0.25) is 14.8 Å². The van der Waals surface area contributed by atoms with E-state index in [0.717, 1.165) is 36.1 Å². The standard InChI is InChI=1S/C22H16Cl2F3N3O/c23-15-7-13(9-28-11-15)14-8-18(24)19(29-10-14)21(5-6-21)12-30-20(31)16-3-1-2-4-17(16)22(25,26)27/h1-4,7-11H,5-6,12H2,(H,30,31). The first-order valence-corrected chi connectivity index (χ1v) is 10.2. The smallest absolute Gasteiger partial charge is 0.351 e. The second kappa shape index (κ2) is 8.13. The number of hydrogen-bond acceptors (Lipinski definition) is 3. The number of carbonyl (C=O) groups excluding carboxylic acids is 1. The summed E-state index contributed by atoms with van der Waals surface area (Å²) in [5, 5.41) is 3.53. The molecule has 0 spiro atoms. The van der Waals surface area contributed by atoms with Crippen molar-refractivity contribution in [2.45, 2.75) is 24.4 Å². The van der Waals surface area contributed by atoms with Crippen LogP contribution in [0.1, 0.15) is 34.5 Å². The van der Waals surface area contributed by atoms with Gasteiger partial charge in [0, 0.05) is 41.7 Å². The molecule has 2 aromatic heterocycles. The molecule has 0 aliphatic heterocycles. The third kappa shape index (κ3) is 4.52. The predicted octanol–water partition coefficient (Wildman–Crippen LogP) is 5.93. The highest BCUT2D eigenvalue weighted by molar-refractivity contribution is 6.32. The molecule has 160 valence electrons. The van der Waals surface area contributed by atoms with E-state index in [1.807, 2.05) is 0 Å². The Labute approximate surface area is 186 Å². The fraction of sp³-hybridized carbons (Fsp3) is 0.227. The molecule has 1 aliphatic rings. The summed E-state index contributed by atoms with van der Waals surface area (Å²) in [7, 11) is 0. The lowest BCUT2D eigenvalue weighted by molar-refractivity contribution is -0.137. The van der Waals surface area contributed by atoms with Crippen molar-refractivity contribution >= 4 is 29.1 Å². The van der Waals surface area contributed by atoms with Crippen LogP contribution in [-0.4, -0.2) is 22.4 Å². The van der Waals surface area contributed by atoms with Crippen LogP contribution in [0.25, 0.3) is 11.1 Å². The quantitative estimate of drug-likeness (QED) is 0.507. The molecule has 3 aromatic rings. The highest BCUT2D eigenvalue weighted by atomic mass is 35.5. The lowest BCUT2D eigenvalue weighted by Gasteiger charge is -2.19. The first kappa shape index (κ1) is 21.6. The molecule has 31 heavy (non-hydrogen) atoms. The van der Waals surface area contributed by atoms with E-state index >= 15 is 0 Å². The zero-order chi connectivity index (χ0) is 22.2. The van der Waals surface area contributed by atoms with Crippen LogP contribution in [0, 0.1) is 0 Å². The van der Waals surface area contributed by atoms with Crippen LogP contribution in [0.4, 0.5) is 13.2 Å². The van der Waals surface area contributed by atoms with Crippen LogP contribution in [-0.2, 0) is 11.6 Å². The highest BCUT2D eigenvalue weighted by Crippen LogP contribution is 2.49. The Morgan fingerprint density at radius 2 is 1.77 bits per heavy atom. The van der Waals surface area contributed by atoms with Gasteiger partial charge in [0.05, 0.1) is 26.9 Å². The van der Waals surface area contributed by atoms with Gasteiger partial charge < -0.3 is 5.32 Å².